The van der Waals surface area contributed by atoms with Gasteiger partial charge in [0.25, 0.3) is 0 Å². The highest BCUT2D eigenvalue weighted by molar-refractivity contribution is 5.06. The molecule has 1 nitrogen and oxygen atoms in total. The fourth-order valence-corrected chi connectivity index (χ4v) is 1.51. The minimum Gasteiger partial charge on any atom is -0.318 e. The molecule has 0 aliphatic rings. The second-order valence-corrected chi connectivity index (χ2v) is 4.23. The lowest BCUT2D eigenvalue weighted by Gasteiger charge is -2.03. The van der Waals surface area contributed by atoms with Gasteiger partial charge in [-0.3, -0.25) is 0 Å². The Morgan fingerprint density at radius 1 is 0.933 bits per heavy atom. The minimum atomic E-state index is 0.114. The fourth-order valence-electron chi connectivity index (χ4n) is 1.51. The third-order valence-corrected chi connectivity index (χ3v) is 2.56. The molecule has 0 aromatic heterocycles. The molecule has 0 aromatic rings. The van der Waals surface area contributed by atoms with Crippen LogP contribution in [0, 0.1) is 11.8 Å². The summed E-state index contributed by atoms with van der Waals surface area (Å²) in [6.07, 6.45) is 11.1. The first-order valence-electron chi connectivity index (χ1n) is 6.55. The Balaban J connectivity index is 3.30. The highest BCUT2D eigenvalue weighted by Gasteiger charge is 1.96. The second-order valence-electron chi connectivity index (χ2n) is 4.23. The molecule has 0 saturated carbocycles. The summed E-state index contributed by atoms with van der Waals surface area (Å²) in [5.74, 6) is 6.30. The van der Waals surface area contributed by atoms with E-state index in [0.717, 1.165) is 12.8 Å². The summed E-state index contributed by atoms with van der Waals surface area (Å²) in [6.45, 7) is 4.43. The zero-order valence-corrected chi connectivity index (χ0v) is 10.5. The average molecular weight is 209 g/mol. The van der Waals surface area contributed by atoms with Crippen molar-refractivity contribution in [2.45, 2.75) is 77.7 Å². The Labute approximate surface area is 95.8 Å². The van der Waals surface area contributed by atoms with Gasteiger partial charge in [0.1, 0.15) is 0 Å². The standard InChI is InChI=1S/C14H27N/c1-3-5-7-9-11-13-14(15)12-10-8-6-4-2/h14H,3-9,11,13,15H2,1-2H3. The Kier molecular flexibility index (Phi) is 11.2. The lowest BCUT2D eigenvalue weighted by Crippen LogP contribution is -2.16. The molecule has 0 aliphatic carbocycles. The zero-order valence-electron chi connectivity index (χ0n) is 10.5. The van der Waals surface area contributed by atoms with Crippen LogP contribution in [0.25, 0.3) is 0 Å². The molecule has 0 fully saturated rings. The molecule has 0 aromatic carbocycles. The quantitative estimate of drug-likeness (QED) is 0.476. The van der Waals surface area contributed by atoms with Crippen LogP contribution in [-0.4, -0.2) is 6.04 Å². The number of nitrogens with two attached hydrogens (primary N) is 1. The first kappa shape index (κ1) is 14.5. The molecular formula is C14H27N. The van der Waals surface area contributed by atoms with Crippen LogP contribution in [0.1, 0.15) is 71.6 Å². The first-order chi connectivity index (χ1) is 7.31. The number of unbranched alkanes of at least 4 members (excludes halogenated alkanes) is 6. The van der Waals surface area contributed by atoms with Crippen molar-refractivity contribution in [3.8, 4) is 11.8 Å². The van der Waals surface area contributed by atoms with Crippen molar-refractivity contribution in [1.29, 1.82) is 0 Å². The molecule has 15 heavy (non-hydrogen) atoms. The van der Waals surface area contributed by atoms with Gasteiger partial charge in [-0.1, -0.05) is 58.3 Å². The van der Waals surface area contributed by atoms with Gasteiger partial charge in [0, 0.05) is 6.42 Å². The van der Waals surface area contributed by atoms with E-state index < -0.39 is 0 Å². The van der Waals surface area contributed by atoms with E-state index in [1.165, 1.54) is 44.9 Å². The molecule has 88 valence electrons. The van der Waals surface area contributed by atoms with E-state index in [1.54, 1.807) is 0 Å². The van der Waals surface area contributed by atoms with Gasteiger partial charge in [0.2, 0.25) is 0 Å². The van der Waals surface area contributed by atoms with Crippen LogP contribution in [0.2, 0.25) is 0 Å². The van der Waals surface area contributed by atoms with E-state index in [2.05, 4.69) is 25.7 Å². The van der Waals surface area contributed by atoms with Gasteiger partial charge >= 0.3 is 0 Å². The Bertz CT molecular complexity index is 176. The summed E-state index contributed by atoms with van der Waals surface area (Å²) >= 11 is 0. The molecule has 0 spiro atoms. The van der Waals surface area contributed by atoms with Crippen molar-refractivity contribution in [3.05, 3.63) is 0 Å². The molecule has 0 radical (unpaired) electrons. The maximum Gasteiger partial charge on any atom is 0.0664 e. The van der Waals surface area contributed by atoms with Gasteiger partial charge in [-0.25, -0.2) is 0 Å². The Hall–Kier alpha value is -0.480. The topological polar surface area (TPSA) is 26.0 Å². The maximum absolute atomic E-state index is 5.90. The van der Waals surface area contributed by atoms with E-state index >= 15 is 0 Å². The number of rotatable bonds is 8. The normalized spacial score (nSPS) is 11.9. The Morgan fingerprint density at radius 2 is 1.60 bits per heavy atom. The summed E-state index contributed by atoms with van der Waals surface area (Å²) in [7, 11) is 0. The van der Waals surface area contributed by atoms with Gasteiger partial charge in [0.05, 0.1) is 6.04 Å². The second kappa shape index (κ2) is 11.6. The predicted molar refractivity (Wildman–Crippen MR) is 68.7 cm³/mol. The lowest BCUT2D eigenvalue weighted by atomic mass is 10.1. The van der Waals surface area contributed by atoms with Crippen molar-refractivity contribution in [2.24, 2.45) is 5.73 Å². The van der Waals surface area contributed by atoms with E-state index in [4.69, 9.17) is 5.73 Å². The largest absolute Gasteiger partial charge is 0.318 e. The molecule has 0 saturated heterocycles. The van der Waals surface area contributed by atoms with E-state index in [-0.39, 0.29) is 6.04 Å². The van der Waals surface area contributed by atoms with E-state index in [9.17, 15) is 0 Å². The van der Waals surface area contributed by atoms with Crippen LogP contribution < -0.4 is 5.73 Å². The molecule has 1 heteroatoms. The van der Waals surface area contributed by atoms with Gasteiger partial charge < -0.3 is 5.73 Å². The molecule has 1 unspecified atom stereocenters. The van der Waals surface area contributed by atoms with Crippen molar-refractivity contribution in [1.82, 2.24) is 0 Å². The van der Waals surface area contributed by atoms with Gasteiger partial charge in [-0.15, -0.1) is 5.92 Å². The van der Waals surface area contributed by atoms with Crippen molar-refractivity contribution in [3.63, 3.8) is 0 Å². The lowest BCUT2D eigenvalue weighted by molar-refractivity contribution is 0.588. The summed E-state index contributed by atoms with van der Waals surface area (Å²) in [5.41, 5.74) is 5.90. The minimum absolute atomic E-state index is 0.114. The molecule has 0 heterocycles. The summed E-state index contributed by atoms with van der Waals surface area (Å²) < 4.78 is 0. The van der Waals surface area contributed by atoms with Crippen LogP contribution in [0.5, 0.6) is 0 Å². The fraction of sp³-hybridized carbons (Fsp3) is 0.857. The van der Waals surface area contributed by atoms with E-state index in [0.29, 0.717) is 0 Å². The highest BCUT2D eigenvalue weighted by atomic mass is 14.6. The SMILES string of the molecule is CCCCC#CC(N)CCCCCCC. The van der Waals surface area contributed by atoms with Crippen molar-refractivity contribution in [2.75, 3.05) is 0 Å². The smallest absolute Gasteiger partial charge is 0.0664 e. The van der Waals surface area contributed by atoms with Gasteiger partial charge in [-0.05, 0) is 12.8 Å². The van der Waals surface area contributed by atoms with Crippen LogP contribution in [-0.2, 0) is 0 Å². The van der Waals surface area contributed by atoms with Crippen LogP contribution in [0.15, 0.2) is 0 Å². The molecule has 2 N–H and O–H groups in total. The predicted octanol–water partition coefficient (Wildman–Crippen LogP) is 3.87. The van der Waals surface area contributed by atoms with Crippen LogP contribution >= 0.6 is 0 Å². The Morgan fingerprint density at radius 3 is 2.27 bits per heavy atom. The molecule has 0 amide bonds. The molecule has 0 bridgehead atoms. The summed E-state index contributed by atoms with van der Waals surface area (Å²) in [5, 5.41) is 0. The zero-order chi connectivity index (χ0) is 11.4. The third kappa shape index (κ3) is 11.4. The molecule has 1 atom stereocenters. The maximum atomic E-state index is 5.90. The number of hydrogen-bond donors (Lipinski definition) is 1. The average Bonchev–Trinajstić information content (AvgIpc) is 2.24. The molecule has 0 rings (SSSR count). The van der Waals surface area contributed by atoms with E-state index in [1.807, 2.05) is 0 Å². The van der Waals surface area contributed by atoms with Gasteiger partial charge in [-0.2, -0.15) is 0 Å². The monoisotopic (exact) mass is 209 g/mol. The third-order valence-electron chi connectivity index (χ3n) is 2.56. The molecular weight excluding hydrogens is 182 g/mol. The number of hydrogen-bond acceptors (Lipinski definition) is 1. The highest BCUT2D eigenvalue weighted by Crippen LogP contribution is 2.06. The van der Waals surface area contributed by atoms with Gasteiger partial charge in [0.15, 0.2) is 0 Å². The summed E-state index contributed by atoms with van der Waals surface area (Å²) in [6, 6.07) is 0.114. The van der Waals surface area contributed by atoms with Crippen LogP contribution in [0.4, 0.5) is 0 Å². The first-order valence-corrected chi connectivity index (χ1v) is 6.55. The van der Waals surface area contributed by atoms with Crippen molar-refractivity contribution >= 4 is 0 Å². The summed E-state index contributed by atoms with van der Waals surface area (Å²) in [4.78, 5) is 0. The molecule has 0 aliphatic heterocycles. The van der Waals surface area contributed by atoms with Crippen LogP contribution in [0.3, 0.4) is 0 Å². The van der Waals surface area contributed by atoms with Crippen molar-refractivity contribution < 1.29 is 0 Å².